The van der Waals surface area contributed by atoms with E-state index >= 15 is 0 Å². The summed E-state index contributed by atoms with van der Waals surface area (Å²) >= 11 is 0. The van der Waals surface area contributed by atoms with Gasteiger partial charge in [-0.3, -0.25) is 0 Å². The number of furan rings is 1. The molecule has 0 spiro atoms. The number of benzene rings is 9. The van der Waals surface area contributed by atoms with Crippen LogP contribution in [0.2, 0.25) is 0 Å². The second kappa shape index (κ2) is 12.5. The van der Waals surface area contributed by atoms with Gasteiger partial charge in [-0.2, -0.15) is 0 Å². The molecule has 0 aliphatic carbocycles. The number of anilines is 3. The maximum atomic E-state index is 9.72. The van der Waals surface area contributed by atoms with Gasteiger partial charge in [0.1, 0.15) is 11.2 Å². The lowest BCUT2D eigenvalue weighted by Crippen LogP contribution is -2.10. The van der Waals surface area contributed by atoms with Gasteiger partial charge in [-0.25, -0.2) is 0 Å². The molecule has 10 aromatic rings. The minimum atomic E-state index is -0.469. The van der Waals surface area contributed by atoms with E-state index < -0.39 is 24.2 Å². The number of rotatable bonds is 6. The lowest BCUT2D eigenvalue weighted by molar-refractivity contribution is 0.672. The molecule has 0 radical (unpaired) electrons. The van der Waals surface area contributed by atoms with E-state index in [1.165, 1.54) is 4.90 Å². The monoisotopic (exact) mass is 671 g/mol. The van der Waals surface area contributed by atoms with Crippen LogP contribution >= 0.6 is 0 Å². The Morgan fingerprint density at radius 2 is 1.13 bits per heavy atom. The van der Waals surface area contributed by atoms with Crippen molar-refractivity contribution in [2.75, 3.05) is 4.90 Å². The quantitative estimate of drug-likeness (QED) is 0.175. The molecule has 2 nitrogen and oxygen atoms in total. The molecular weight excluding hydrogens is 631 g/mol. The van der Waals surface area contributed by atoms with Crippen molar-refractivity contribution in [1.29, 1.82) is 0 Å². The summed E-state index contributed by atoms with van der Waals surface area (Å²) in [5.41, 5.74) is 4.01. The standard InChI is InChI=1S/C50H33NO/c1-2-12-34(13-3-1)39-18-9-20-42(33-39)51(47-24-11-25-48-49(47)46-31-28-37-15-5-7-22-45(37)50(46)52-48)41-29-26-35(27-30-41)38-17-8-19-40(32-38)44-23-10-16-36-14-4-6-21-43(36)44/h1-33H/i9D,18D,20D,26D,27D,29D,30D,33D. The minimum absolute atomic E-state index is 0.0964. The van der Waals surface area contributed by atoms with Crippen molar-refractivity contribution in [3.8, 4) is 33.4 Å². The van der Waals surface area contributed by atoms with Crippen molar-refractivity contribution >= 4 is 60.5 Å². The van der Waals surface area contributed by atoms with Gasteiger partial charge in [-0.05, 0) is 98.0 Å². The van der Waals surface area contributed by atoms with Gasteiger partial charge in [0, 0.05) is 22.1 Å². The van der Waals surface area contributed by atoms with Gasteiger partial charge in [0.25, 0.3) is 0 Å². The molecule has 52 heavy (non-hydrogen) atoms. The lowest BCUT2D eigenvalue weighted by atomic mass is 9.95. The molecule has 0 bridgehead atoms. The Hall–Kier alpha value is -6.90. The van der Waals surface area contributed by atoms with E-state index in [-0.39, 0.29) is 46.7 Å². The van der Waals surface area contributed by atoms with Crippen molar-refractivity contribution in [2.45, 2.75) is 0 Å². The maximum Gasteiger partial charge on any atom is 0.143 e. The largest absolute Gasteiger partial charge is 0.455 e. The van der Waals surface area contributed by atoms with Gasteiger partial charge < -0.3 is 9.32 Å². The van der Waals surface area contributed by atoms with Crippen LogP contribution in [0, 0.1) is 0 Å². The Balaban J connectivity index is 1.27. The predicted octanol–water partition coefficient (Wildman–Crippen LogP) is 14.4. The first-order valence-corrected chi connectivity index (χ1v) is 17.1. The smallest absolute Gasteiger partial charge is 0.143 e. The second-order valence-electron chi connectivity index (χ2n) is 12.7. The van der Waals surface area contributed by atoms with Crippen LogP contribution in [0.3, 0.4) is 0 Å². The third kappa shape index (κ3) is 5.12. The van der Waals surface area contributed by atoms with E-state index in [1.54, 1.807) is 48.5 Å². The summed E-state index contributed by atoms with van der Waals surface area (Å²) in [5, 5.41) is 5.19. The fraction of sp³-hybridized carbons (Fsp3) is 0. The van der Waals surface area contributed by atoms with Crippen LogP contribution in [-0.4, -0.2) is 0 Å². The molecule has 0 aliphatic heterocycles. The van der Waals surface area contributed by atoms with Crippen LogP contribution in [0.1, 0.15) is 11.0 Å². The van der Waals surface area contributed by atoms with Crippen molar-refractivity contribution in [3.05, 3.63) is 200 Å². The second-order valence-corrected chi connectivity index (χ2v) is 12.7. The molecule has 1 aromatic heterocycles. The Kier molecular flexibility index (Phi) is 5.45. The number of hydrogen-bond donors (Lipinski definition) is 0. The van der Waals surface area contributed by atoms with Crippen LogP contribution in [0.25, 0.3) is 76.9 Å². The van der Waals surface area contributed by atoms with Gasteiger partial charge in [0.05, 0.1) is 22.0 Å². The third-order valence-electron chi connectivity index (χ3n) is 9.59. The van der Waals surface area contributed by atoms with Gasteiger partial charge in [-0.1, -0.05) is 152 Å². The summed E-state index contributed by atoms with van der Waals surface area (Å²) in [4.78, 5) is 1.40. The topological polar surface area (TPSA) is 16.4 Å². The van der Waals surface area contributed by atoms with Crippen molar-refractivity contribution in [3.63, 3.8) is 0 Å². The van der Waals surface area contributed by atoms with Crippen molar-refractivity contribution in [2.24, 2.45) is 0 Å². The van der Waals surface area contributed by atoms with Crippen molar-refractivity contribution in [1.82, 2.24) is 0 Å². The average molecular weight is 672 g/mol. The summed E-state index contributed by atoms with van der Waals surface area (Å²) in [6.45, 7) is 0. The molecule has 0 atom stereocenters. The third-order valence-corrected chi connectivity index (χ3v) is 9.59. The first-order chi connectivity index (χ1) is 29.1. The summed E-state index contributed by atoms with van der Waals surface area (Å²) in [7, 11) is 0. The highest BCUT2D eigenvalue weighted by Gasteiger charge is 2.21. The van der Waals surface area contributed by atoms with Gasteiger partial charge >= 0.3 is 0 Å². The average Bonchev–Trinajstić information content (AvgIpc) is 3.67. The molecule has 10 rings (SSSR count). The minimum Gasteiger partial charge on any atom is -0.455 e. The highest BCUT2D eigenvalue weighted by atomic mass is 16.3. The number of nitrogens with zero attached hydrogens (tertiary/aromatic N) is 1. The zero-order valence-electron chi connectivity index (χ0n) is 35.8. The molecule has 1 heterocycles. The van der Waals surface area contributed by atoms with E-state index in [9.17, 15) is 8.22 Å². The fourth-order valence-corrected chi connectivity index (χ4v) is 7.15. The molecule has 0 unspecified atom stereocenters. The summed E-state index contributed by atoms with van der Waals surface area (Å²) in [6, 6.07) is 44.4. The Morgan fingerprint density at radius 3 is 2.00 bits per heavy atom. The first kappa shape index (κ1) is 22.7. The normalized spacial score (nSPS) is 13.6. The molecule has 0 saturated carbocycles. The van der Waals surface area contributed by atoms with Gasteiger partial charge in [0.2, 0.25) is 0 Å². The van der Waals surface area contributed by atoms with Crippen LogP contribution in [0.15, 0.2) is 204 Å². The number of hydrogen-bond acceptors (Lipinski definition) is 2. The van der Waals surface area contributed by atoms with E-state index in [0.717, 1.165) is 32.7 Å². The van der Waals surface area contributed by atoms with Crippen LogP contribution in [0.5, 0.6) is 0 Å². The molecular formula is C50H33NO. The van der Waals surface area contributed by atoms with Gasteiger partial charge in [-0.15, -0.1) is 0 Å². The molecule has 0 amide bonds. The highest BCUT2D eigenvalue weighted by Crippen LogP contribution is 2.45. The number of fused-ring (bicyclic) bond motifs is 6. The SMILES string of the molecule is [2H]c1c([2H])c(-c2ccccc2)c([2H])c(N(c2c([2H])c([2H])c(-c3cccc(-c4cccc5ccccc45)c3)c([2H])c2[2H])c2cccc3oc4c5ccccc5ccc4c23)c1[2H]. The fourth-order valence-electron chi connectivity index (χ4n) is 7.15. The summed E-state index contributed by atoms with van der Waals surface area (Å²) < 4.78 is 82.2. The Bertz CT molecular complexity index is 3350. The Labute approximate surface area is 313 Å². The molecule has 244 valence electrons. The molecule has 0 aliphatic rings. The predicted molar refractivity (Wildman–Crippen MR) is 220 cm³/mol. The molecule has 9 aromatic carbocycles. The summed E-state index contributed by atoms with van der Waals surface area (Å²) in [5.74, 6) is 0. The highest BCUT2D eigenvalue weighted by molar-refractivity contribution is 6.19. The van der Waals surface area contributed by atoms with Crippen LogP contribution in [-0.2, 0) is 0 Å². The zero-order valence-corrected chi connectivity index (χ0v) is 27.8. The van der Waals surface area contributed by atoms with Crippen LogP contribution in [0.4, 0.5) is 17.1 Å². The first-order valence-electron chi connectivity index (χ1n) is 21.1. The van der Waals surface area contributed by atoms with E-state index in [0.29, 0.717) is 38.8 Å². The van der Waals surface area contributed by atoms with Gasteiger partial charge in [0.15, 0.2) is 0 Å². The molecule has 0 N–H and O–H groups in total. The summed E-state index contributed by atoms with van der Waals surface area (Å²) in [6.07, 6.45) is 0. The van der Waals surface area contributed by atoms with E-state index in [1.807, 2.05) is 103 Å². The Morgan fingerprint density at radius 1 is 0.442 bits per heavy atom. The van der Waals surface area contributed by atoms with Crippen molar-refractivity contribution < 1.29 is 15.4 Å². The lowest BCUT2D eigenvalue weighted by Gasteiger charge is -2.27. The molecule has 2 heteroatoms. The van der Waals surface area contributed by atoms with E-state index in [2.05, 4.69) is 0 Å². The zero-order chi connectivity index (χ0) is 41.4. The molecule has 0 fully saturated rings. The maximum absolute atomic E-state index is 9.72. The van der Waals surface area contributed by atoms with E-state index in [4.69, 9.17) is 7.16 Å². The molecule has 0 saturated heterocycles. The van der Waals surface area contributed by atoms with Crippen LogP contribution < -0.4 is 4.90 Å².